The summed E-state index contributed by atoms with van der Waals surface area (Å²) in [5.74, 6) is -0.289. The molecule has 0 saturated heterocycles. The standard InChI is InChI=1S/C14H12O3.C6H13NO2/c15-12-5-3-10(4-6-12)1-2-11-7-13(16)9-14(17)8-11;1-4(2)3-5(7)6(8)9/h1-9,15-17H;4-5H,3,7H2,1-2H3,(H,8,9)/b2-1+;/t;5-/m.0/s1. The highest BCUT2D eigenvalue weighted by molar-refractivity contribution is 5.73. The summed E-state index contributed by atoms with van der Waals surface area (Å²) < 4.78 is 0. The molecule has 0 heterocycles. The van der Waals surface area contributed by atoms with Gasteiger partial charge in [0.05, 0.1) is 0 Å². The normalized spacial score (nSPS) is 11.8. The van der Waals surface area contributed by atoms with Gasteiger partial charge in [-0.25, -0.2) is 0 Å². The van der Waals surface area contributed by atoms with Gasteiger partial charge >= 0.3 is 5.97 Å². The van der Waals surface area contributed by atoms with E-state index in [0.29, 0.717) is 17.9 Å². The van der Waals surface area contributed by atoms with Crippen molar-refractivity contribution in [2.45, 2.75) is 26.3 Å². The maximum atomic E-state index is 10.1. The van der Waals surface area contributed by atoms with Gasteiger partial charge in [-0.3, -0.25) is 4.79 Å². The van der Waals surface area contributed by atoms with E-state index in [4.69, 9.17) is 15.9 Å². The lowest BCUT2D eigenvalue weighted by molar-refractivity contribution is -0.138. The van der Waals surface area contributed by atoms with Crippen molar-refractivity contribution < 1.29 is 25.2 Å². The predicted octanol–water partition coefficient (Wildman–Crippen LogP) is 3.42. The van der Waals surface area contributed by atoms with Crippen LogP contribution in [-0.2, 0) is 4.79 Å². The quantitative estimate of drug-likeness (QED) is 0.521. The Kier molecular flexibility index (Phi) is 8.18. The van der Waals surface area contributed by atoms with E-state index in [1.807, 2.05) is 19.9 Å². The second-order valence-corrected chi connectivity index (χ2v) is 6.28. The minimum Gasteiger partial charge on any atom is -0.508 e. The number of benzene rings is 2. The van der Waals surface area contributed by atoms with Gasteiger partial charge in [0.25, 0.3) is 0 Å². The van der Waals surface area contributed by atoms with Crippen molar-refractivity contribution in [3.63, 3.8) is 0 Å². The average molecular weight is 359 g/mol. The first-order valence-electron chi connectivity index (χ1n) is 8.16. The Morgan fingerprint density at radius 2 is 1.42 bits per heavy atom. The minimum absolute atomic E-state index is 0.0235. The van der Waals surface area contributed by atoms with Gasteiger partial charge in [-0.15, -0.1) is 0 Å². The molecule has 6 heteroatoms. The molecule has 0 amide bonds. The zero-order valence-corrected chi connectivity index (χ0v) is 14.8. The first-order valence-corrected chi connectivity index (χ1v) is 8.16. The van der Waals surface area contributed by atoms with E-state index in [1.54, 1.807) is 42.5 Å². The molecule has 2 aromatic carbocycles. The van der Waals surface area contributed by atoms with E-state index in [1.165, 1.54) is 6.07 Å². The number of aliphatic carboxylic acids is 1. The predicted molar refractivity (Wildman–Crippen MR) is 102 cm³/mol. The summed E-state index contributed by atoms with van der Waals surface area (Å²) in [6.45, 7) is 3.89. The molecule has 6 nitrogen and oxygen atoms in total. The van der Waals surface area contributed by atoms with Gasteiger partial charge in [0.1, 0.15) is 23.3 Å². The highest BCUT2D eigenvalue weighted by Crippen LogP contribution is 2.22. The smallest absolute Gasteiger partial charge is 0.320 e. The largest absolute Gasteiger partial charge is 0.508 e. The van der Waals surface area contributed by atoms with Gasteiger partial charge in [-0.05, 0) is 47.7 Å². The summed E-state index contributed by atoms with van der Waals surface area (Å²) in [5, 5.41) is 36.0. The fourth-order valence-electron chi connectivity index (χ4n) is 2.10. The van der Waals surface area contributed by atoms with Crippen molar-refractivity contribution in [1.82, 2.24) is 0 Å². The average Bonchev–Trinajstić information content (AvgIpc) is 2.53. The van der Waals surface area contributed by atoms with Gasteiger partial charge in [-0.1, -0.05) is 38.1 Å². The van der Waals surface area contributed by atoms with Crippen molar-refractivity contribution in [3.8, 4) is 17.2 Å². The lowest BCUT2D eigenvalue weighted by Gasteiger charge is -2.07. The molecule has 140 valence electrons. The van der Waals surface area contributed by atoms with Crippen molar-refractivity contribution in [1.29, 1.82) is 0 Å². The maximum absolute atomic E-state index is 10.1. The van der Waals surface area contributed by atoms with Crippen molar-refractivity contribution >= 4 is 18.1 Å². The number of carbonyl (C=O) groups is 1. The third kappa shape index (κ3) is 8.21. The summed E-state index contributed by atoms with van der Waals surface area (Å²) in [7, 11) is 0. The zero-order chi connectivity index (χ0) is 19.7. The molecule has 0 saturated carbocycles. The highest BCUT2D eigenvalue weighted by Gasteiger charge is 2.11. The summed E-state index contributed by atoms with van der Waals surface area (Å²) in [6.07, 6.45) is 4.15. The highest BCUT2D eigenvalue weighted by atomic mass is 16.4. The monoisotopic (exact) mass is 359 g/mol. The van der Waals surface area contributed by atoms with Gasteiger partial charge in [-0.2, -0.15) is 0 Å². The third-order valence-corrected chi connectivity index (χ3v) is 3.33. The Labute approximate surface area is 152 Å². The summed E-state index contributed by atoms with van der Waals surface area (Å²) in [5.41, 5.74) is 6.84. The summed E-state index contributed by atoms with van der Waals surface area (Å²) in [6, 6.07) is 10.4. The fraction of sp³-hybridized carbons (Fsp3) is 0.250. The van der Waals surface area contributed by atoms with Crippen LogP contribution < -0.4 is 5.73 Å². The molecule has 6 N–H and O–H groups in total. The molecule has 0 spiro atoms. The molecule has 0 aliphatic rings. The van der Waals surface area contributed by atoms with E-state index in [0.717, 1.165) is 5.56 Å². The van der Waals surface area contributed by atoms with Crippen LogP contribution in [-0.4, -0.2) is 32.4 Å². The van der Waals surface area contributed by atoms with Gasteiger partial charge in [0.2, 0.25) is 0 Å². The molecule has 0 fully saturated rings. The van der Waals surface area contributed by atoms with Crippen LogP contribution in [0.2, 0.25) is 0 Å². The molecular formula is C20H25NO5. The van der Waals surface area contributed by atoms with E-state index in [9.17, 15) is 15.0 Å². The maximum Gasteiger partial charge on any atom is 0.320 e. The van der Waals surface area contributed by atoms with Crippen LogP contribution in [0.15, 0.2) is 42.5 Å². The van der Waals surface area contributed by atoms with Crippen LogP contribution in [0.1, 0.15) is 31.4 Å². The van der Waals surface area contributed by atoms with Crippen LogP contribution in [0.3, 0.4) is 0 Å². The van der Waals surface area contributed by atoms with Crippen LogP contribution in [0.4, 0.5) is 0 Å². The first kappa shape index (κ1) is 21.1. The van der Waals surface area contributed by atoms with Crippen molar-refractivity contribution in [3.05, 3.63) is 53.6 Å². The van der Waals surface area contributed by atoms with Crippen molar-refractivity contribution in [2.75, 3.05) is 0 Å². The van der Waals surface area contributed by atoms with Crippen molar-refractivity contribution in [2.24, 2.45) is 11.7 Å². The van der Waals surface area contributed by atoms with Crippen LogP contribution >= 0.6 is 0 Å². The molecule has 0 bridgehead atoms. The third-order valence-electron chi connectivity index (χ3n) is 3.33. The Balaban J connectivity index is 0.000000321. The van der Waals surface area contributed by atoms with Crippen LogP contribution in [0, 0.1) is 5.92 Å². The van der Waals surface area contributed by atoms with Crippen LogP contribution in [0.5, 0.6) is 17.2 Å². The lowest BCUT2D eigenvalue weighted by Crippen LogP contribution is -2.31. The number of phenolic OH excluding ortho intramolecular Hbond substituents is 3. The second kappa shape index (κ2) is 10.1. The number of carboxylic acid groups (broad SMARTS) is 1. The first-order chi connectivity index (χ1) is 12.2. The number of aromatic hydroxyl groups is 3. The van der Waals surface area contributed by atoms with E-state index >= 15 is 0 Å². The van der Waals surface area contributed by atoms with Gasteiger partial charge in [0.15, 0.2) is 0 Å². The molecule has 26 heavy (non-hydrogen) atoms. The molecule has 0 aromatic heterocycles. The summed E-state index contributed by atoms with van der Waals surface area (Å²) in [4.78, 5) is 10.1. The Hall–Kier alpha value is -2.99. The fourth-order valence-corrected chi connectivity index (χ4v) is 2.10. The number of phenols is 3. The Morgan fingerprint density at radius 1 is 0.923 bits per heavy atom. The number of carboxylic acids is 1. The number of nitrogens with two attached hydrogens (primary N) is 1. The second-order valence-electron chi connectivity index (χ2n) is 6.28. The van der Waals surface area contributed by atoms with E-state index < -0.39 is 12.0 Å². The molecule has 0 aliphatic carbocycles. The molecular weight excluding hydrogens is 334 g/mol. The number of hydrogen-bond donors (Lipinski definition) is 5. The molecule has 0 radical (unpaired) electrons. The van der Waals surface area contributed by atoms with Gasteiger partial charge < -0.3 is 26.2 Å². The molecule has 2 rings (SSSR count). The van der Waals surface area contributed by atoms with Gasteiger partial charge in [0, 0.05) is 6.07 Å². The zero-order valence-electron chi connectivity index (χ0n) is 14.8. The minimum atomic E-state index is -0.913. The van der Waals surface area contributed by atoms with E-state index in [2.05, 4.69) is 0 Å². The lowest BCUT2D eigenvalue weighted by atomic mass is 10.1. The Morgan fingerprint density at radius 3 is 1.85 bits per heavy atom. The molecule has 1 atom stereocenters. The summed E-state index contributed by atoms with van der Waals surface area (Å²) >= 11 is 0. The molecule has 0 aliphatic heterocycles. The van der Waals surface area contributed by atoms with E-state index in [-0.39, 0.29) is 17.2 Å². The molecule has 2 aromatic rings. The number of hydrogen-bond acceptors (Lipinski definition) is 5. The Bertz CT molecular complexity index is 718. The molecule has 0 unspecified atom stereocenters. The number of rotatable bonds is 5. The SMILES string of the molecule is CC(C)C[C@H](N)C(=O)O.Oc1ccc(/C=C/c2cc(O)cc(O)c2)cc1. The van der Waals surface area contributed by atoms with Crippen LogP contribution in [0.25, 0.3) is 12.2 Å². The topological polar surface area (TPSA) is 124 Å².